The summed E-state index contributed by atoms with van der Waals surface area (Å²) in [5.41, 5.74) is 0.203. The fraction of sp³-hybridized carbons (Fsp3) is 1.00. The number of nitrogens with one attached hydrogen (secondary N) is 1. The maximum absolute atomic E-state index is 12.2. The van der Waals surface area contributed by atoms with Crippen molar-refractivity contribution in [2.24, 2.45) is 0 Å². The maximum Gasteiger partial charge on any atom is 0.251 e. The van der Waals surface area contributed by atoms with E-state index in [2.05, 4.69) is 5.32 Å². The molecule has 16 heavy (non-hydrogen) atoms. The first-order valence-electron chi connectivity index (χ1n) is 6.24. The molecule has 0 amide bonds. The first-order chi connectivity index (χ1) is 7.58. The highest BCUT2D eigenvalue weighted by Crippen LogP contribution is 2.30. The lowest BCUT2D eigenvalue weighted by molar-refractivity contribution is 0.0922. The molecule has 0 aliphatic heterocycles. The standard InChI is InChI=1S/C12H24F2N2/c1-15-12(6-4-3-5-7-12)8-9-16(2)10-11(13)14/h11,15H,3-10H2,1-2H3. The minimum absolute atomic E-state index is 0.111. The largest absolute Gasteiger partial charge is 0.314 e. The predicted molar refractivity (Wildman–Crippen MR) is 63.0 cm³/mol. The Bertz CT molecular complexity index is 191. The fourth-order valence-electron chi connectivity index (χ4n) is 2.59. The van der Waals surface area contributed by atoms with Crippen LogP contribution < -0.4 is 5.32 Å². The second-order valence-corrected chi connectivity index (χ2v) is 4.99. The second-order valence-electron chi connectivity index (χ2n) is 4.99. The molecule has 0 aromatic rings. The van der Waals surface area contributed by atoms with Gasteiger partial charge in [-0.2, -0.15) is 0 Å². The predicted octanol–water partition coefficient (Wildman–Crippen LogP) is 2.50. The minimum Gasteiger partial charge on any atom is -0.314 e. The van der Waals surface area contributed by atoms with Crippen molar-refractivity contribution in [3.8, 4) is 0 Å². The lowest BCUT2D eigenvalue weighted by Crippen LogP contribution is -2.47. The number of halogens is 2. The molecule has 0 heterocycles. The zero-order valence-corrected chi connectivity index (χ0v) is 10.4. The highest BCUT2D eigenvalue weighted by Gasteiger charge is 2.30. The summed E-state index contributed by atoms with van der Waals surface area (Å²) in [6.45, 7) is 0.644. The summed E-state index contributed by atoms with van der Waals surface area (Å²) in [4.78, 5) is 1.73. The van der Waals surface area contributed by atoms with Crippen LogP contribution in [0.25, 0.3) is 0 Å². The zero-order chi connectivity index (χ0) is 12.0. The van der Waals surface area contributed by atoms with Crippen molar-refractivity contribution in [2.45, 2.75) is 50.5 Å². The van der Waals surface area contributed by atoms with E-state index < -0.39 is 6.43 Å². The van der Waals surface area contributed by atoms with Crippen LogP contribution in [0.1, 0.15) is 38.5 Å². The Kier molecular flexibility index (Phi) is 5.62. The molecule has 1 aliphatic rings. The van der Waals surface area contributed by atoms with Gasteiger partial charge in [0.05, 0.1) is 6.54 Å². The van der Waals surface area contributed by atoms with Crippen molar-refractivity contribution in [2.75, 3.05) is 27.2 Å². The van der Waals surface area contributed by atoms with Crippen molar-refractivity contribution in [1.82, 2.24) is 10.2 Å². The van der Waals surface area contributed by atoms with Crippen molar-refractivity contribution in [1.29, 1.82) is 0 Å². The maximum atomic E-state index is 12.2. The van der Waals surface area contributed by atoms with Gasteiger partial charge in [-0.25, -0.2) is 8.78 Å². The molecule has 0 saturated heterocycles. The van der Waals surface area contributed by atoms with E-state index in [1.807, 2.05) is 7.05 Å². The quantitative estimate of drug-likeness (QED) is 0.759. The molecule has 0 bridgehead atoms. The third-order valence-electron chi connectivity index (χ3n) is 3.76. The molecule has 0 spiro atoms. The highest BCUT2D eigenvalue weighted by molar-refractivity contribution is 4.90. The van der Waals surface area contributed by atoms with Crippen LogP contribution in [-0.4, -0.2) is 44.0 Å². The average Bonchev–Trinajstić information content (AvgIpc) is 2.27. The number of nitrogens with zero attached hydrogens (tertiary/aromatic N) is 1. The van der Waals surface area contributed by atoms with Gasteiger partial charge < -0.3 is 10.2 Å². The summed E-state index contributed by atoms with van der Waals surface area (Å²) in [6.07, 6.45) is 4.97. The lowest BCUT2D eigenvalue weighted by Gasteiger charge is -2.38. The monoisotopic (exact) mass is 234 g/mol. The van der Waals surface area contributed by atoms with E-state index >= 15 is 0 Å². The van der Waals surface area contributed by atoms with Gasteiger partial charge in [0.25, 0.3) is 6.43 Å². The van der Waals surface area contributed by atoms with Crippen molar-refractivity contribution in [3.05, 3.63) is 0 Å². The third kappa shape index (κ3) is 4.34. The van der Waals surface area contributed by atoms with E-state index in [1.54, 1.807) is 11.9 Å². The number of hydrogen-bond acceptors (Lipinski definition) is 2. The summed E-state index contributed by atoms with van der Waals surface area (Å²) in [6, 6.07) is 0. The fourth-order valence-corrected chi connectivity index (χ4v) is 2.59. The van der Waals surface area contributed by atoms with Crippen LogP contribution in [0.3, 0.4) is 0 Å². The molecule has 4 heteroatoms. The van der Waals surface area contributed by atoms with E-state index in [0.29, 0.717) is 0 Å². The van der Waals surface area contributed by atoms with Crippen LogP contribution in [0.4, 0.5) is 8.78 Å². The van der Waals surface area contributed by atoms with Crippen LogP contribution in [0.15, 0.2) is 0 Å². The van der Waals surface area contributed by atoms with Crippen molar-refractivity contribution in [3.63, 3.8) is 0 Å². The average molecular weight is 234 g/mol. The Morgan fingerprint density at radius 2 is 1.88 bits per heavy atom. The summed E-state index contributed by atoms with van der Waals surface area (Å²) in [5.74, 6) is 0. The molecule has 0 atom stereocenters. The van der Waals surface area contributed by atoms with E-state index in [9.17, 15) is 8.78 Å². The normalized spacial score (nSPS) is 20.6. The number of rotatable bonds is 6. The number of hydrogen-bond donors (Lipinski definition) is 1. The summed E-state index contributed by atoms with van der Waals surface area (Å²) in [5, 5.41) is 3.41. The highest BCUT2D eigenvalue weighted by atomic mass is 19.3. The van der Waals surface area contributed by atoms with Gasteiger partial charge in [0, 0.05) is 5.54 Å². The van der Waals surface area contributed by atoms with E-state index in [-0.39, 0.29) is 12.1 Å². The second kappa shape index (κ2) is 6.50. The first kappa shape index (κ1) is 13.8. The third-order valence-corrected chi connectivity index (χ3v) is 3.76. The molecular weight excluding hydrogens is 210 g/mol. The Labute approximate surface area is 97.4 Å². The number of alkyl halides is 2. The van der Waals surface area contributed by atoms with E-state index in [0.717, 1.165) is 13.0 Å². The lowest BCUT2D eigenvalue weighted by atomic mass is 9.79. The molecular formula is C12H24F2N2. The van der Waals surface area contributed by atoms with Gasteiger partial charge in [0.15, 0.2) is 0 Å². The summed E-state index contributed by atoms with van der Waals surface area (Å²) in [7, 11) is 3.77. The van der Waals surface area contributed by atoms with Gasteiger partial charge in [0.1, 0.15) is 0 Å². The molecule has 2 nitrogen and oxygen atoms in total. The molecule has 0 aromatic carbocycles. The van der Waals surface area contributed by atoms with Crippen LogP contribution in [0.5, 0.6) is 0 Å². The Morgan fingerprint density at radius 3 is 2.38 bits per heavy atom. The van der Waals surface area contributed by atoms with Gasteiger partial charge in [-0.15, -0.1) is 0 Å². The van der Waals surface area contributed by atoms with Gasteiger partial charge >= 0.3 is 0 Å². The minimum atomic E-state index is -2.22. The topological polar surface area (TPSA) is 15.3 Å². The van der Waals surface area contributed by atoms with Crippen LogP contribution in [0.2, 0.25) is 0 Å². The molecule has 1 aliphatic carbocycles. The van der Waals surface area contributed by atoms with Gasteiger partial charge in [0.2, 0.25) is 0 Å². The Morgan fingerprint density at radius 1 is 1.25 bits per heavy atom. The molecule has 0 unspecified atom stereocenters. The van der Waals surface area contributed by atoms with Gasteiger partial charge in [-0.05, 0) is 39.9 Å². The van der Waals surface area contributed by atoms with Crippen LogP contribution >= 0.6 is 0 Å². The zero-order valence-electron chi connectivity index (χ0n) is 10.4. The molecule has 1 rings (SSSR count). The molecule has 0 aromatic heterocycles. The summed E-state index contributed by atoms with van der Waals surface area (Å²) < 4.78 is 24.3. The van der Waals surface area contributed by atoms with E-state index in [1.165, 1.54) is 32.1 Å². The molecule has 1 N–H and O–H groups in total. The van der Waals surface area contributed by atoms with Crippen molar-refractivity contribution >= 4 is 0 Å². The smallest absolute Gasteiger partial charge is 0.251 e. The van der Waals surface area contributed by atoms with Crippen LogP contribution in [0, 0.1) is 0 Å². The van der Waals surface area contributed by atoms with Gasteiger partial charge in [-0.1, -0.05) is 19.3 Å². The van der Waals surface area contributed by atoms with Crippen molar-refractivity contribution < 1.29 is 8.78 Å². The molecule has 0 radical (unpaired) electrons. The molecule has 96 valence electrons. The summed E-state index contributed by atoms with van der Waals surface area (Å²) >= 11 is 0. The van der Waals surface area contributed by atoms with E-state index in [4.69, 9.17) is 0 Å². The molecule has 1 fully saturated rings. The Hall–Kier alpha value is -0.220. The Balaban J connectivity index is 2.32. The first-order valence-corrected chi connectivity index (χ1v) is 6.24. The molecule has 1 saturated carbocycles. The SMILES string of the molecule is CNC1(CCN(C)CC(F)F)CCCCC1. The van der Waals surface area contributed by atoms with Gasteiger partial charge in [-0.3, -0.25) is 0 Å². The van der Waals surface area contributed by atoms with Crippen LogP contribution in [-0.2, 0) is 0 Å².